The SMILES string of the molecule is CC(Sc1nccn1Cc1ccccc1)C(=O)NC12CC3CC(CC(C3)C1)C2. The van der Waals surface area contributed by atoms with E-state index in [9.17, 15) is 4.79 Å². The van der Waals surface area contributed by atoms with Gasteiger partial charge in [-0.2, -0.15) is 0 Å². The number of benzene rings is 1. The van der Waals surface area contributed by atoms with Crippen LogP contribution >= 0.6 is 11.8 Å². The van der Waals surface area contributed by atoms with Gasteiger partial charge in [0.25, 0.3) is 0 Å². The Morgan fingerprint density at radius 1 is 1.18 bits per heavy atom. The summed E-state index contributed by atoms with van der Waals surface area (Å²) in [5, 5.41) is 4.29. The zero-order chi connectivity index (χ0) is 19.1. The Hall–Kier alpha value is -1.75. The van der Waals surface area contributed by atoms with Crippen molar-refractivity contribution in [1.82, 2.24) is 14.9 Å². The van der Waals surface area contributed by atoms with Crippen molar-refractivity contribution in [3.05, 3.63) is 48.3 Å². The predicted octanol–water partition coefficient (Wildman–Crippen LogP) is 4.50. The molecule has 4 nitrogen and oxygen atoms in total. The molecule has 1 atom stereocenters. The fraction of sp³-hybridized carbons (Fsp3) is 0.565. The maximum Gasteiger partial charge on any atom is 0.233 e. The molecule has 1 heterocycles. The van der Waals surface area contributed by atoms with E-state index in [0.29, 0.717) is 0 Å². The number of imidazole rings is 1. The summed E-state index contributed by atoms with van der Waals surface area (Å²) in [4.78, 5) is 17.6. The van der Waals surface area contributed by atoms with E-state index in [4.69, 9.17) is 0 Å². The molecule has 148 valence electrons. The lowest BCUT2D eigenvalue weighted by molar-refractivity contribution is -0.126. The maximum atomic E-state index is 13.1. The van der Waals surface area contributed by atoms with Gasteiger partial charge in [0.05, 0.1) is 5.25 Å². The molecule has 5 heteroatoms. The summed E-state index contributed by atoms with van der Waals surface area (Å²) in [6.45, 7) is 2.80. The van der Waals surface area contributed by atoms with E-state index in [-0.39, 0.29) is 16.7 Å². The number of carbonyl (C=O) groups is 1. The molecule has 28 heavy (non-hydrogen) atoms. The van der Waals surface area contributed by atoms with Crippen molar-refractivity contribution in [3.8, 4) is 0 Å². The van der Waals surface area contributed by atoms with Gasteiger partial charge in [0.1, 0.15) is 0 Å². The highest BCUT2D eigenvalue weighted by atomic mass is 32.2. The van der Waals surface area contributed by atoms with Gasteiger partial charge in [0.15, 0.2) is 5.16 Å². The Morgan fingerprint density at radius 2 is 1.82 bits per heavy atom. The van der Waals surface area contributed by atoms with Crippen molar-refractivity contribution in [1.29, 1.82) is 0 Å². The molecule has 0 spiro atoms. The van der Waals surface area contributed by atoms with Crippen LogP contribution in [0.25, 0.3) is 0 Å². The molecule has 1 aromatic heterocycles. The summed E-state index contributed by atoms with van der Waals surface area (Å²) in [5.41, 5.74) is 1.33. The highest BCUT2D eigenvalue weighted by molar-refractivity contribution is 8.00. The third-order valence-corrected chi connectivity index (χ3v) is 8.07. The zero-order valence-corrected chi connectivity index (χ0v) is 17.3. The lowest BCUT2D eigenvalue weighted by Crippen LogP contribution is -2.60. The number of carbonyl (C=O) groups excluding carboxylic acids is 1. The van der Waals surface area contributed by atoms with E-state index in [1.54, 1.807) is 11.8 Å². The summed E-state index contributed by atoms with van der Waals surface area (Å²) in [7, 11) is 0. The van der Waals surface area contributed by atoms with Crippen molar-refractivity contribution < 1.29 is 4.79 Å². The van der Waals surface area contributed by atoms with Crippen LogP contribution in [0.1, 0.15) is 51.0 Å². The lowest BCUT2D eigenvalue weighted by atomic mass is 9.53. The molecule has 1 amide bonds. The number of amides is 1. The number of aromatic nitrogens is 2. The van der Waals surface area contributed by atoms with Crippen LogP contribution in [0.15, 0.2) is 47.9 Å². The van der Waals surface area contributed by atoms with Crippen molar-refractivity contribution in [3.63, 3.8) is 0 Å². The summed E-state index contributed by atoms with van der Waals surface area (Å²) in [6, 6.07) is 10.4. The van der Waals surface area contributed by atoms with Gasteiger partial charge >= 0.3 is 0 Å². The fourth-order valence-corrected chi connectivity index (χ4v) is 7.02. The zero-order valence-electron chi connectivity index (χ0n) is 16.5. The third kappa shape index (κ3) is 3.61. The van der Waals surface area contributed by atoms with Gasteiger partial charge in [-0.25, -0.2) is 4.98 Å². The average molecular weight is 396 g/mol. The minimum Gasteiger partial charge on any atom is -0.350 e. The van der Waals surface area contributed by atoms with Crippen LogP contribution in [0, 0.1) is 17.8 Å². The highest BCUT2D eigenvalue weighted by Gasteiger charge is 2.51. The first-order valence-electron chi connectivity index (χ1n) is 10.6. The van der Waals surface area contributed by atoms with Crippen LogP contribution in [0.4, 0.5) is 0 Å². The molecule has 4 saturated carbocycles. The van der Waals surface area contributed by atoms with Crippen molar-refractivity contribution in [2.24, 2.45) is 17.8 Å². The van der Waals surface area contributed by atoms with Gasteiger partial charge in [0.2, 0.25) is 5.91 Å². The Kier molecular flexibility index (Phi) is 4.74. The molecule has 4 aliphatic carbocycles. The maximum absolute atomic E-state index is 13.1. The largest absolute Gasteiger partial charge is 0.350 e. The van der Waals surface area contributed by atoms with Crippen molar-refractivity contribution >= 4 is 17.7 Å². The number of nitrogens with one attached hydrogen (secondary N) is 1. The molecule has 1 aromatic carbocycles. The van der Waals surface area contributed by atoms with E-state index >= 15 is 0 Å². The molecular weight excluding hydrogens is 366 g/mol. The molecule has 4 fully saturated rings. The van der Waals surface area contributed by atoms with Gasteiger partial charge < -0.3 is 9.88 Å². The van der Waals surface area contributed by atoms with E-state index < -0.39 is 0 Å². The van der Waals surface area contributed by atoms with Gasteiger partial charge in [-0.15, -0.1) is 0 Å². The molecule has 1 N–H and O–H groups in total. The quantitative estimate of drug-likeness (QED) is 0.733. The normalized spacial score (nSPS) is 31.7. The fourth-order valence-electron chi connectivity index (χ4n) is 6.15. The number of hydrogen-bond acceptors (Lipinski definition) is 3. The molecule has 2 aromatic rings. The predicted molar refractivity (Wildman–Crippen MR) is 112 cm³/mol. The van der Waals surface area contributed by atoms with Gasteiger partial charge in [-0.1, -0.05) is 42.1 Å². The second kappa shape index (κ2) is 7.25. The van der Waals surface area contributed by atoms with Crippen LogP contribution < -0.4 is 5.32 Å². The first kappa shape index (κ1) is 18.3. The van der Waals surface area contributed by atoms with E-state index in [2.05, 4.69) is 39.1 Å². The second-order valence-electron chi connectivity index (χ2n) is 9.27. The molecule has 4 bridgehead atoms. The van der Waals surface area contributed by atoms with Crippen LogP contribution in [-0.2, 0) is 11.3 Å². The molecule has 1 unspecified atom stereocenters. The van der Waals surface area contributed by atoms with Crippen LogP contribution in [0.5, 0.6) is 0 Å². The first-order chi connectivity index (χ1) is 13.6. The third-order valence-electron chi connectivity index (χ3n) is 6.95. The standard InChI is InChI=1S/C23H29N3OS/c1-16(28-22-24-7-8-26(22)15-17-5-3-2-4-6-17)21(27)25-23-12-18-9-19(13-23)11-20(10-18)14-23/h2-8,16,18-20H,9-15H2,1H3,(H,25,27). The highest BCUT2D eigenvalue weighted by Crippen LogP contribution is 2.55. The smallest absolute Gasteiger partial charge is 0.233 e. The van der Waals surface area contributed by atoms with E-state index in [1.165, 1.54) is 44.1 Å². The second-order valence-corrected chi connectivity index (χ2v) is 10.6. The molecule has 0 aliphatic heterocycles. The summed E-state index contributed by atoms with van der Waals surface area (Å²) in [5.74, 6) is 2.72. The molecule has 0 saturated heterocycles. The molecular formula is C23H29N3OS. The Labute approximate surface area is 171 Å². The van der Waals surface area contributed by atoms with Gasteiger partial charge in [-0.05, 0) is 68.8 Å². The van der Waals surface area contributed by atoms with Gasteiger partial charge in [0, 0.05) is 24.5 Å². The first-order valence-corrected chi connectivity index (χ1v) is 11.5. The van der Waals surface area contributed by atoms with Crippen molar-refractivity contribution in [2.45, 2.75) is 67.9 Å². The summed E-state index contributed by atoms with van der Waals surface area (Å²) < 4.78 is 2.13. The molecule has 6 rings (SSSR count). The Balaban J connectivity index is 1.23. The monoisotopic (exact) mass is 395 g/mol. The Bertz CT molecular complexity index is 811. The topological polar surface area (TPSA) is 46.9 Å². The van der Waals surface area contributed by atoms with E-state index in [0.717, 1.165) is 29.5 Å². The van der Waals surface area contributed by atoms with Crippen LogP contribution in [0.3, 0.4) is 0 Å². The summed E-state index contributed by atoms with van der Waals surface area (Å²) in [6.07, 6.45) is 11.6. The molecule has 0 radical (unpaired) electrons. The average Bonchev–Trinajstić information content (AvgIpc) is 3.07. The Morgan fingerprint density at radius 3 is 2.46 bits per heavy atom. The number of rotatable bonds is 6. The summed E-state index contributed by atoms with van der Waals surface area (Å²) >= 11 is 1.57. The minimum absolute atomic E-state index is 0.0834. The van der Waals surface area contributed by atoms with Crippen LogP contribution in [-0.4, -0.2) is 26.2 Å². The molecule has 4 aliphatic rings. The van der Waals surface area contributed by atoms with Crippen molar-refractivity contribution in [2.75, 3.05) is 0 Å². The number of nitrogens with zero attached hydrogens (tertiary/aromatic N) is 2. The van der Waals surface area contributed by atoms with E-state index in [1.807, 2.05) is 25.4 Å². The number of hydrogen-bond donors (Lipinski definition) is 1. The van der Waals surface area contributed by atoms with Gasteiger partial charge in [-0.3, -0.25) is 4.79 Å². The van der Waals surface area contributed by atoms with Crippen LogP contribution in [0.2, 0.25) is 0 Å². The minimum atomic E-state index is -0.134. The lowest BCUT2D eigenvalue weighted by Gasteiger charge is -2.57. The number of thioether (sulfide) groups is 1.